The molecule has 0 aliphatic heterocycles. The predicted octanol–water partition coefficient (Wildman–Crippen LogP) is 5.16. The van der Waals surface area contributed by atoms with Gasteiger partial charge in [-0.05, 0) is 60.7 Å². The molecule has 0 saturated heterocycles. The number of rotatable bonds is 6. The number of ether oxygens (including phenoxy) is 1. The molecule has 3 aromatic carbocycles. The normalized spacial score (nSPS) is 10.5. The van der Waals surface area contributed by atoms with E-state index in [1.54, 1.807) is 0 Å². The van der Waals surface area contributed by atoms with Crippen molar-refractivity contribution in [3.8, 4) is 5.75 Å². The Morgan fingerprint density at radius 3 is 2.16 bits per heavy atom. The van der Waals surface area contributed by atoms with Gasteiger partial charge in [0.05, 0.1) is 0 Å². The first kappa shape index (κ1) is 17.0. The Morgan fingerprint density at radius 1 is 0.800 bits per heavy atom. The van der Waals surface area contributed by atoms with Crippen molar-refractivity contribution in [2.45, 2.75) is 20.3 Å². The van der Waals surface area contributed by atoms with E-state index in [4.69, 9.17) is 4.74 Å². The van der Waals surface area contributed by atoms with Crippen LogP contribution in [0.25, 0.3) is 0 Å². The van der Waals surface area contributed by atoms with Crippen LogP contribution in [0.5, 0.6) is 5.75 Å². The minimum atomic E-state index is -0.00328. The number of carbonyl (C=O) groups is 1. The number of hydrogen-bond donors (Lipinski definition) is 0. The molecule has 3 aromatic rings. The highest BCUT2D eigenvalue weighted by Crippen LogP contribution is 2.16. The highest BCUT2D eigenvalue weighted by atomic mass is 16.5. The van der Waals surface area contributed by atoms with Crippen LogP contribution < -0.4 is 4.74 Å². The van der Waals surface area contributed by atoms with Crippen molar-refractivity contribution in [3.05, 3.63) is 101 Å². The van der Waals surface area contributed by atoms with Crippen LogP contribution >= 0.6 is 0 Å². The van der Waals surface area contributed by atoms with Crippen LogP contribution in [-0.2, 0) is 6.42 Å². The van der Waals surface area contributed by atoms with Crippen LogP contribution in [0.3, 0.4) is 0 Å². The molecule has 0 amide bonds. The molecule has 0 N–H and O–H groups in total. The molecule has 3 rings (SSSR count). The summed E-state index contributed by atoms with van der Waals surface area (Å²) in [6.45, 7) is 4.11. The topological polar surface area (TPSA) is 26.3 Å². The Kier molecular flexibility index (Phi) is 5.30. The summed E-state index contributed by atoms with van der Waals surface area (Å²) in [6, 6.07) is 24.0. The molecular formula is C23H22O2. The third kappa shape index (κ3) is 4.57. The summed E-state index contributed by atoms with van der Waals surface area (Å²) in [5, 5.41) is 0. The van der Waals surface area contributed by atoms with Gasteiger partial charge in [0.25, 0.3) is 0 Å². The average Bonchev–Trinajstić information content (AvgIpc) is 2.64. The van der Waals surface area contributed by atoms with Gasteiger partial charge in [0, 0.05) is 5.56 Å². The second kappa shape index (κ2) is 7.80. The van der Waals surface area contributed by atoms with Crippen molar-refractivity contribution < 1.29 is 9.53 Å². The zero-order valence-electron chi connectivity index (χ0n) is 14.7. The van der Waals surface area contributed by atoms with Crippen LogP contribution in [0.2, 0.25) is 0 Å². The molecular weight excluding hydrogens is 308 g/mol. The number of carbonyl (C=O) groups excluding carboxylic acids is 1. The molecule has 2 heteroatoms. The summed E-state index contributed by atoms with van der Waals surface area (Å²) in [7, 11) is 0. The summed E-state index contributed by atoms with van der Waals surface area (Å²) in [5.74, 6) is 0.713. The van der Waals surface area contributed by atoms with Gasteiger partial charge in [-0.1, -0.05) is 54.6 Å². The van der Waals surface area contributed by atoms with Crippen LogP contribution in [0, 0.1) is 13.8 Å². The third-order valence-corrected chi connectivity index (χ3v) is 4.37. The minimum Gasteiger partial charge on any atom is -0.485 e. The van der Waals surface area contributed by atoms with Crippen molar-refractivity contribution >= 4 is 5.78 Å². The van der Waals surface area contributed by atoms with Crippen LogP contribution in [0.4, 0.5) is 0 Å². The Morgan fingerprint density at radius 2 is 1.48 bits per heavy atom. The fraction of sp³-hybridized carbons (Fsp3) is 0.174. The van der Waals surface area contributed by atoms with E-state index in [1.165, 1.54) is 16.7 Å². The zero-order chi connectivity index (χ0) is 17.6. The minimum absolute atomic E-state index is 0.00328. The number of hydrogen-bond acceptors (Lipinski definition) is 2. The summed E-state index contributed by atoms with van der Waals surface area (Å²) < 4.78 is 5.65. The van der Waals surface area contributed by atoms with Gasteiger partial charge in [-0.3, -0.25) is 4.79 Å². The van der Waals surface area contributed by atoms with Gasteiger partial charge in [-0.25, -0.2) is 0 Å². The molecule has 25 heavy (non-hydrogen) atoms. The van der Waals surface area contributed by atoms with Crippen molar-refractivity contribution in [2.75, 3.05) is 6.61 Å². The van der Waals surface area contributed by atoms with E-state index in [0.717, 1.165) is 12.0 Å². The highest BCUT2D eigenvalue weighted by molar-refractivity contribution is 5.97. The number of Topliss-reactive ketones (excluding diaryl/α,β-unsaturated/α-hetero) is 1. The van der Waals surface area contributed by atoms with E-state index >= 15 is 0 Å². The van der Waals surface area contributed by atoms with Gasteiger partial charge in [0.15, 0.2) is 12.4 Å². The maximum Gasteiger partial charge on any atom is 0.200 e. The SMILES string of the molecule is Cc1ccc(C(=O)COc2ccc(Cc3ccccc3)cc2)cc1C. The van der Waals surface area contributed by atoms with Crippen molar-refractivity contribution in [3.63, 3.8) is 0 Å². The molecule has 2 nitrogen and oxygen atoms in total. The first-order chi connectivity index (χ1) is 12.1. The molecule has 0 unspecified atom stereocenters. The van der Waals surface area contributed by atoms with Crippen LogP contribution in [0.1, 0.15) is 32.6 Å². The molecule has 0 fully saturated rings. The Labute approximate surface area is 149 Å². The van der Waals surface area contributed by atoms with Crippen molar-refractivity contribution in [1.29, 1.82) is 0 Å². The van der Waals surface area contributed by atoms with Crippen molar-refractivity contribution in [1.82, 2.24) is 0 Å². The zero-order valence-corrected chi connectivity index (χ0v) is 14.7. The molecule has 0 radical (unpaired) electrons. The Balaban J connectivity index is 1.58. The predicted molar refractivity (Wildman–Crippen MR) is 101 cm³/mol. The molecule has 0 bridgehead atoms. The van der Waals surface area contributed by atoms with Crippen LogP contribution in [0.15, 0.2) is 72.8 Å². The standard InChI is InChI=1S/C23H22O2/c1-17-8-11-21(14-18(17)2)23(24)16-25-22-12-9-20(10-13-22)15-19-6-4-3-5-7-19/h3-14H,15-16H2,1-2H3. The van der Waals surface area contributed by atoms with Crippen molar-refractivity contribution in [2.24, 2.45) is 0 Å². The fourth-order valence-electron chi connectivity index (χ4n) is 2.68. The van der Waals surface area contributed by atoms with Crippen LogP contribution in [-0.4, -0.2) is 12.4 Å². The van der Waals surface area contributed by atoms with E-state index in [-0.39, 0.29) is 12.4 Å². The number of benzene rings is 3. The van der Waals surface area contributed by atoms with E-state index < -0.39 is 0 Å². The Bertz CT molecular complexity index is 849. The maximum atomic E-state index is 12.3. The van der Waals surface area contributed by atoms with E-state index in [2.05, 4.69) is 12.1 Å². The summed E-state index contributed by atoms with van der Waals surface area (Å²) in [5.41, 5.74) is 5.51. The average molecular weight is 330 g/mol. The number of aryl methyl sites for hydroxylation is 2. The maximum absolute atomic E-state index is 12.3. The highest BCUT2D eigenvalue weighted by Gasteiger charge is 2.08. The third-order valence-electron chi connectivity index (χ3n) is 4.37. The lowest BCUT2D eigenvalue weighted by Gasteiger charge is -2.08. The smallest absolute Gasteiger partial charge is 0.200 e. The van der Waals surface area contributed by atoms with Gasteiger partial charge >= 0.3 is 0 Å². The lowest BCUT2D eigenvalue weighted by molar-refractivity contribution is 0.0921. The monoisotopic (exact) mass is 330 g/mol. The largest absolute Gasteiger partial charge is 0.485 e. The lowest BCUT2D eigenvalue weighted by atomic mass is 10.0. The van der Waals surface area contributed by atoms with Gasteiger partial charge in [0.2, 0.25) is 0 Å². The summed E-state index contributed by atoms with van der Waals surface area (Å²) in [6.07, 6.45) is 0.892. The molecule has 0 saturated carbocycles. The Hall–Kier alpha value is -2.87. The van der Waals surface area contributed by atoms with E-state index in [0.29, 0.717) is 11.3 Å². The second-order valence-electron chi connectivity index (χ2n) is 6.32. The van der Waals surface area contributed by atoms with Gasteiger partial charge in [-0.15, -0.1) is 0 Å². The molecule has 0 heterocycles. The molecule has 0 atom stereocenters. The fourth-order valence-corrected chi connectivity index (χ4v) is 2.68. The first-order valence-electron chi connectivity index (χ1n) is 8.48. The van der Waals surface area contributed by atoms with Gasteiger partial charge < -0.3 is 4.74 Å². The summed E-state index contributed by atoms with van der Waals surface area (Å²) in [4.78, 5) is 12.3. The molecule has 0 aromatic heterocycles. The van der Waals surface area contributed by atoms with Gasteiger partial charge in [0.1, 0.15) is 5.75 Å². The van der Waals surface area contributed by atoms with Gasteiger partial charge in [-0.2, -0.15) is 0 Å². The van der Waals surface area contributed by atoms with E-state index in [9.17, 15) is 4.79 Å². The molecule has 0 aliphatic rings. The van der Waals surface area contributed by atoms with E-state index in [1.807, 2.05) is 74.5 Å². The molecule has 0 aliphatic carbocycles. The molecule has 126 valence electrons. The summed E-state index contributed by atoms with van der Waals surface area (Å²) >= 11 is 0. The number of ketones is 1. The lowest BCUT2D eigenvalue weighted by Crippen LogP contribution is -2.11. The molecule has 0 spiro atoms. The first-order valence-corrected chi connectivity index (χ1v) is 8.48. The quantitative estimate of drug-likeness (QED) is 0.584. The second-order valence-corrected chi connectivity index (χ2v) is 6.32.